The molecule has 3 amide bonds. The fraction of sp³-hybridized carbons (Fsp3) is 0.200. The van der Waals surface area contributed by atoms with Crippen LogP contribution in [0.1, 0.15) is 11.4 Å². The van der Waals surface area contributed by atoms with Crippen LogP contribution in [-0.4, -0.2) is 35.0 Å². The number of hydrogen-bond donors (Lipinski definition) is 2. The summed E-state index contributed by atoms with van der Waals surface area (Å²) >= 11 is 1.35. The Hall–Kier alpha value is -3.46. The zero-order chi connectivity index (χ0) is 20.1. The van der Waals surface area contributed by atoms with Crippen molar-refractivity contribution in [1.29, 1.82) is 0 Å². The van der Waals surface area contributed by atoms with Crippen molar-refractivity contribution in [3.05, 3.63) is 65.4 Å². The van der Waals surface area contributed by atoms with Crippen molar-refractivity contribution < 1.29 is 14.3 Å². The third-order valence-corrected chi connectivity index (χ3v) is 5.11. The fourth-order valence-electron chi connectivity index (χ4n) is 2.83. The summed E-state index contributed by atoms with van der Waals surface area (Å²) in [6.45, 7) is 1.54. The van der Waals surface area contributed by atoms with Crippen molar-refractivity contribution >= 4 is 34.1 Å². The standard InChI is InChI=1S/C20H19N5O3S/c26-18(11-16-13-29-20(24-16)25-9-8-22-19(25)27)23-14-5-3-6-17(10-14)28-12-15-4-1-2-7-21-15/h1-7,10,13H,8-9,11-12H2,(H,22,27)(H,23,26). The number of anilines is 2. The largest absolute Gasteiger partial charge is 0.487 e. The number of urea groups is 1. The Morgan fingerprint density at radius 2 is 2.17 bits per heavy atom. The van der Waals surface area contributed by atoms with Gasteiger partial charge in [0.15, 0.2) is 5.13 Å². The average Bonchev–Trinajstić information content (AvgIpc) is 3.36. The Labute approximate surface area is 171 Å². The molecule has 0 aliphatic carbocycles. The molecule has 0 unspecified atom stereocenters. The van der Waals surface area contributed by atoms with E-state index in [0.29, 0.717) is 42.0 Å². The summed E-state index contributed by atoms with van der Waals surface area (Å²) < 4.78 is 5.74. The van der Waals surface area contributed by atoms with E-state index in [0.717, 1.165) is 5.69 Å². The van der Waals surface area contributed by atoms with E-state index in [9.17, 15) is 9.59 Å². The van der Waals surface area contributed by atoms with Gasteiger partial charge in [-0.05, 0) is 24.3 Å². The second-order valence-corrected chi connectivity index (χ2v) is 7.20. The molecule has 0 spiro atoms. The van der Waals surface area contributed by atoms with Gasteiger partial charge in [-0.25, -0.2) is 9.78 Å². The molecule has 1 aliphatic heterocycles. The third-order valence-electron chi connectivity index (χ3n) is 4.20. The number of thiazole rings is 1. The number of aromatic nitrogens is 2. The normalized spacial score (nSPS) is 13.2. The number of ether oxygens (including phenoxy) is 1. The number of amides is 3. The first-order valence-electron chi connectivity index (χ1n) is 9.10. The predicted octanol–water partition coefficient (Wildman–Crippen LogP) is 2.83. The van der Waals surface area contributed by atoms with Gasteiger partial charge in [-0.15, -0.1) is 11.3 Å². The summed E-state index contributed by atoms with van der Waals surface area (Å²) in [4.78, 5) is 34.3. The van der Waals surface area contributed by atoms with Gasteiger partial charge in [0.2, 0.25) is 5.91 Å². The molecular weight excluding hydrogens is 390 g/mol. The highest BCUT2D eigenvalue weighted by atomic mass is 32.1. The minimum Gasteiger partial charge on any atom is -0.487 e. The van der Waals surface area contributed by atoms with E-state index in [1.807, 2.05) is 30.3 Å². The van der Waals surface area contributed by atoms with E-state index in [1.165, 1.54) is 11.3 Å². The van der Waals surface area contributed by atoms with Crippen LogP contribution in [-0.2, 0) is 17.8 Å². The van der Waals surface area contributed by atoms with Crippen LogP contribution in [0.3, 0.4) is 0 Å². The smallest absolute Gasteiger partial charge is 0.323 e. The lowest BCUT2D eigenvalue weighted by atomic mass is 10.2. The summed E-state index contributed by atoms with van der Waals surface area (Å²) in [6, 6.07) is 12.7. The molecule has 0 bridgehead atoms. The molecule has 0 saturated carbocycles. The first-order valence-corrected chi connectivity index (χ1v) is 9.98. The highest BCUT2D eigenvalue weighted by Crippen LogP contribution is 2.23. The molecular formula is C20H19N5O3S. The van der Waals surface area contributed by atoms with E-state index >= 15 is 0 Å². The number of rotatable bonds is 7. The molecule has 3 aromatic rings. The lowest BCUT2D eigenvalue weighted by Gasteiger charge is -2.09. The zero-order valence-electron chi connectivity index (χ0n) is 15.5. The van der Waals surface area contributed by atoms with Gasteiger partial charge in [0, 0.05) is 36.4 Å². The summed E-state index contributed by atoms with van der Waals surface area (Å²) in [5, 5.41) is 7.99. The minimum atomic E-state index is -0.186. The van der Waals surface area contributed by atoms with Gasteiger partial charge in [-0.1, -0.05) is 12.1 Å². The average molecular weight is 409 g/mol. The van der Waals surface area contributed by atoms with Gasteiger partial charge in [0.25, 0.3) is 0 Å². The molecule has 1 fully saturated rings. The fourth-order valence-corrected chi connectivity index (χ4v) is 3.68. The number of hydrogen-bond acceptors (Lipinski definition) is 6. The molecule has 2 aromatic heterocycles. The number of pyridine rings is 1. The van der Waals surface area contributed by atoms with Crippen LogP contribution in [0.15, 0.2) is 54.0 Å². The van der Waals surface area contributed by atoms with Crippen LogP contribution in [0.2, 0.25) is 0 Å². The Morgan fingerprint density at radius 1 is 1.24 bits per heavy atom. The van der Waals surface area contributed by atoms with Gasteiger partial charge >= 0.3 is 6.03 Å². The maximum atomic E-state index is 12.4. The SMILES string of the molecule is O=C(Cc1csc(N2CCNC2=O)n1)Nc1cccc(OCc2ccccn2)c1. The minimum absolute atomic E-state index is 0.130. The van der Waals surface area contributed by atoms with E-state index in [4.69, 9.17) is 4.74 Å². The lowest BCUT2D eigenvalue weighted by molar-refractivity contribution is -0.115. The summed E-state index contributed by atoms with van der Waals surface area (Å²) in [5.41, 5.74) is 2.10. The molecule has 9 heteroatoms. The number of nitrogens with zero attached hydrogens (tertiary/aromatic N) is 3. The number of carbonyl (C=O) groups is 2. The van der Waals surface area contributed by atoms with E-state index in [2.05, 4.69) is 20.6 Å². The number of carbonyl (C=O) groups excluding carboxylic acids is 2. The number of nitrogens with one attached hydrogen (secondary N) is 2. The molecule has 1 aromatic carbocycles. The van der Waals surface area contributed by atoms with E-state index in [1.54, 1.807) is 28.6 Å². The Balaban J connectivity index is 1.33. The van der Waals surface area contributed by atoms with E-state index in [-0.39, 0.29) is 18.4 Å². The van der Waals surface area contributed by atoms with Crippen LogP contribution >= 0.6 is 11.3 Å². The Morgan fingerprint density at radius 3 is 2.97 bits per heavy atom. The molecule has 0 radical (unpaired) electrons. The Bertz CT molecular complexity index is 1010. The van der Waals surface area contributed by atoms with Crippen molar-refractivity contribution in [2.45, 2.75) is 13.0 Å². The van der Waals surface area contributed by atoms with Crippen LogP contribution in [0.25, 0.3) is 0 Å². The molecule has 1 aliphatic rings. The Kier molecular flexibility index (Phi) is 5.66. The lowest BCUT2D eigenvalue weighted by Crippen LogP contribution is -2.27. The highest BCUT2D eigenvalue weighted by molar-refractivity contribution is 7.14. The summed E-state index contributed by atoms with van der Waals surface area (Å²) in [7, 11) is 0. The first kappa shape index (κ1) is 18.9. The molecule has 1 saturated heterocycles. The van der Waals surface area contributed by atoms with Crippen LogP contribution in [0.4, 0.5) is 15.6 Å². The van der Waals surface area contributed by atoms with Gasteiger partial charge < -0.3 is 15.4 Å². The van der Waals surface area contributed by atoms with Crippen LogP contribution < -0.4 is 20.3 Å². The zero-order valence-corrected chi connectivity index (χ0v) is 16.3. The van der Waals surface area contributed by atoms with Crippen molar-refractivity contribution in [1.82, 2.24) is 15.3 Å². The van der Waals surface area contributed by atoms with Gasteiger partial charge in [0.1, 0.15) is 12.4 Å². The number of benzene rings is 1. The van der Waals surface area contributed by atoms with Crippen molar-refractivity contribution in [3.63, 3.8) is 0 Å². The second kappa shape index (κ2) is 8.70. The summed E-state index contributed by atoms with van der Waals surface area (Å²) in [5.74, 6) is 0.457. The maximum Gasteiger partial charge on any atom is 0.323 e. The van der Waals surface area contributed by atoms with Crippen molar-refractivity contribution in [2.24, 2.45) is 0 Å². The molecule has 148 valence electrons. The van der Waals surface area contributed by atoms with Gasteiger partial charge in [-0.3, -0.25) is 14.7 Å². The molecule has 8 nitrogen and oxygen atoms in total. The molecule has 3 heterocycles. The monoisotopic (exact) mass is 409 g/mol. The molecule has 0 atom stereocenters. The predicted molar refractivity (Wildman–Crippen MR) is 110 cm³/mol. The quantitative estimate of drug-likeness (QED) is 0.626. The first-order chi connectivity index (χ1) is 14.2. The topological polar surface area (TPSA) is 96.5 Å². The van der Waals surface area contributed by atoms with Crippen LogP contribution in [0.5, 0.6) is 5.75 Å². The molecule has 29 heavy (non-hydrogen) atoms. The highest BCUT2D eigenvalue weighted by Gasteiger charge is 2.24. The molecule has 2 N–H and O–H groups in total. The van der Waals surface area contributed by atoms with Gasteiger partial charge in [-0.2, -0.15) is 0 Å². The second-order valence-electron chi connectivity index (χ2n) is 6.37. The van der Waals surface area contributed by atoms with Crippen molar-refractivity contribution in [3.8, 4) is 5.75 Å². The summed E-state index contributed by atoms with van der Waals surface area (Å²) in [6.07, 6.45) is 1.85. The van der Waals surface area contributed by atoms with E-state index < -0.39 is 0 Å². The van der Waals surface area contributed by atoms with Gasteiger partial charge in [0.05, 0.1) is 17.8 Å². The molecule has 4 rings (SSSR count). The van der Waals surface area contributed by atoms with Crippen molar-refractivity contribution in [2.75, 3.05) is 23.3 Å². The third kappa shape index (κ3) is 4.88. The maximum absolute atomic E-state index is 12.4. The van der Waals surface area contributed by atoms with Crippen LogP contribution in [0, 0.1) is 0 Å².